The number of hydrogen-bond acceptors (Lipinski definition) is 5. The van der Waals surface area contributed by atoms with Gasteiger partial charge in [-0.25, -0.2) is 18.4 Å². The van der Waals surface area contributed by atoms with Gasteiger partial charge in [0.2, 0.25) is 0 Å². The molecule has 0 atom stereocenters. The van der Waals surface area contributed by atoms with Crippen molar-refractivity contribution in [3.8, 4) is 0 Å². The van der Waals surface area contributed by atoms with Crippen molar-refractivity contribution in [2.24, 2.45) is 0 Å². The molecular weight excluding hydrogens is 512 g/mol. The predicted octanol–water partition coefficient (Wildman–Crippen LogP) is 7.16. The summed E-state index contributed by atoms with van der Waals surface area (Å²) in [6.45, 7) is 6.05. The molecule has 0 spiro atoms. The quantitative estimate of drug-likeness (QED) is 0.217. The third-order valence-electron chi connectivity index (χ3n) is 5.77. The highest BCUT2D eigenvalue weighted by atomic mass is 79.9. The van der Waals surface area contributed by atoms with E-state index in [1.165, 1.54) is 25.7 Å². The summed E-state index contributed by atoms with van der Waals surface area (Å²) >= 11 is 3.36. The molecule has 184 valence electrons. The van der Waals surface area contributed by atoms with Crippen LogP contribution in [-0.4, -0.2) is 31.5 Å². The van der Waals surface area contributed by atoms with Crippen LogP contribution in [0.4, 0.5) is 11.6 Å². The Balaban J connectivity index is 1.97. The van der Waals surface area contributed by atoms with E-state index in [1.807, 2.05) is 24.3 Å². The van der Waals surface area contributed by atoms with Crippen LogP contribution in [0, 0.1) is 0 Å². The number of nitrogens with zero attached hydrogens (tertiary/aromatic N) is 3. The maximum Gasteiger partial charge on any atom is 0.263 e. The first-order valence-corrected chi connectivity index (χ1v) is 14.5. The normalized spacial score (nSPS) is 11.6. The number of para-hydroxylation sites is 2. The standard InChI is InChI=1S/C26H35BrN4O2S/c1-3-5-7-11-19-31(20-12-8-6-4-2)26-25(28-23-13-9-10-14-24(23)29-26)30-34(32,33)22-17-15-21(27)16-18-22/h9-10,13-18H,3-8,11-12,19-20H2,1-2H3,(H,28,30). The Labute approximate surface area is 212 Å². The lowest BCUT2D eigenvalue weighted by atomic mass is 10.1. The molecule has 0 unspecified atom stereocenters. The third kappa shape index (κ3) is 7.40. The summed E-state index contributed by atoms with van der Waals surface area (Å²) < 4.78 is 30.0. The number of nitrogens with one attached hydrogen (secondary N) is 1. The number of sulfonamides is 1. The van der Waals surface area contributed by atoms with Crippen LogP contribution in [0.1, 0.15) is 65.2 Å². The third-order valence-corrected chi connectivity index (χ3v) is 7.65. The van der Waals surface area contributed by atoms with E-state index >= 15 is 0 Å². The van der Waals surface area contributed by atoms with Gasteiger partial charge >= 0.3 is 0 Å². The lowest BCUT2D eigenvalue weighted by molar-refractivity contribution is 0.599. The average Bonchev–Trinajstić information content (AvgIpc) is 2.83. The van der Waals surface area contributed by atoms with Gasteiger partial charge in [-0.2, -0.15) is 0 Å². The molecule has 3 rings (SSSR count). The molecule has 0 fully saturated rings. The highest BCUT2D eigenvalue weighted by Gasteiger charge is 2.22. The lowest BCUT2D eigenvalue weighted by Crippen LogP contribution is -2.29. The van der Waals surface area contributed by atoms with Crippen LogP contribution in [0.2, 0.25) is 0 Å². The van der Waals surface area contributed by atoms with E-state index < -0.39 is 10.0 Å². The molecule has 0 saturated heterocycles. The van der Waals surface area contributed by atoms with Crippen LogP contribution in [0.25, 0.3) is 11.0 Å². The van der Waals surface area contributed by atoms with E-state index in [9.17, 15) is 8.42 Å². The minimum Gasteiger partial charge on any atom is -0.354 e. The molecule has 3 aromatic rings. The second-order valence-electron chi connectivity index (χ2n) is 8.55. The maximum atomic E-state index is 13.2. The van der Waals surface area contributed by atoms with Crippen molar-refractivity contribution in [1.82, 2.24) is 9.97 Å². The molecule has 8 heteroatoms. The summed E-state index contributed by atoms with van der Waals surface area (Å²) in [6, 6.07) is 14.2. The maximum absolute atomic E-state index is 13.2. The van der Waals surface area contributed by atoms with Gasteiger partial charge in [-0.3, -0.25) is 4.72 Å². The van der Waals surface area contributed by atoms with E-state index in [0.29, 0.717) is 11.3 Å². The van der Waals surface area contributed by atoms with Crippen LogP contribution in [0.3, 0.4) is 0 Å². The summed E-state index contributed by atoms with van der Waals surface area (Å²) in [5.41, 5.74) is 1.42. The Morgan fingerprint density at radius 3 is 1.91 bits per heavy atom. The fourth-order valence-corrected chi connectivity index (χ4v) is 5.13. The van der Waals surface area contributed by atoms with Crippen LogP contribution in [0.5, 0.6) is 0 Å². The Morgan fingerprint density at radius 2 is 1.35 bits per heavy atom. The zero-order chi connectivity index (χ0) is 24.4. The number of aromatic nitrogens is 2. The molecule has 0 bridgehead atoms. The van der Waals surface area contributed by atoms with Crippen molar-refractivity contribution in [2.75, 3.05) is 22.7 Å². The molecule has 6 nitrogen and oxygen atoms in total. The number of fused-ring (bicyclic) bond motifs is 1. The van der Waals surface area contributed by atoms with Gasteiger partial charge in [-0.1, -0.05) is 80.4 Å². The number of halogens is 1. The highest BCUT2D eigenvalue weighted by Crippen LogP contribution is 2.28. The van der Waals surface area contributed by atoms with Crippen molar-refractivity contribution < 1.29 is 8.42 Å². The molecule has 1 aromatic heterocycles. The Morgan fingerprint density at radius 1 is 0.794 bits per heavy atom. The van der Waals surface area contributed by atoms with Crippen molar-refractivity contribution in [1.29, 1.82) is 0 Å². The summed E-state index contributed by atoms with van der Waals surface area (Å²) in [5.74, 6) is 0.889. The number of unbranched alkanes of at least 4 members (excludes halogenated alkanes) is 6. The van der Waals surface area contributed by atoms with Crippen molar-refractivity contribution in [3.05, 3.63) is 53.0 Å². The molecular formula is C26H35BrN4O2S. The molecule has 34 heavy (non-hydrogen) atoms. The van der Waals surface area contributed by atoms with Gasteiger partial charge in [0.1, 0.15) is 0 Å². The van der Waals surface area contributed by atoms with E-state index in [2.05, 4.69) is 39.4 Å². The average molecular weight is 548 g/mol. The summed E-state index contributed by atoms with van der Waals surface area (Å²) in [7, 11) is -3.81. The van der Waals surface area contributed by atoms with Crippen LogP contribution < -0.4 is 9.62 Å². The van der Waals surface area contributed by atoms with Gasteiger partial charge in [0.25, 0.3) is 10.0 Å². The molecule has 0 aliphatic carbocycles. The lowest BCUT2D eigenvalue weighted by Gasteiger charge is -2.26. The van der Waals surface area contributed by atoms with Gasteiger partial charge in [-0.15, -0.1) is 0 Å². The zero-order valence-electron chi connectivity index (χ0n) is 20.1. The van der Waals surface area contributed by atoms with Gasteiger partial charge in [0, 0.05) is 17.6 Å². The summed E-state index contributed by atoms with van der Waals surface area (Å²) in [5, 5.41) is 0. The highest BCUT2D eigenvalue weighted by molar-refractivity contribution is 9.10. The second kappa shape index (κ2) is 13.0. The molecule has 0 aliphatic rings. The topological polar surface area (TPSA) is 75.2 Å². The summed E-state index contributed by atoms with van der Waals surface area (Å²) in [6.07, 6.45) is 9.08. The summed E-state index contributed by atoms with van der Waals surface area (Å²) in [4.78, 5) is 12.0. The van der Waals surface area contributed by atoms with Gasteiger partial charge < -0.3 is 4.90 Å². The number of hydrogen-bond donors (Lipinski definition) is 1. The SMILES string of the molecule is CCCCCCN(CCCCCC)c1nc2ccccc2nc1NS(=O)(=O)c1ccc(Br)cc1. The van der Waals surface area contributed by atoms with Gasteiger partial charge in [0.05, 0.1) is 15.9 Å². The second-order valence-corrected chi connectivity index (χ2v) is 11.2. The fourth-order valence-electron chi connectivity index (χ4n) is 3.86. The van der Waals surface area contributed by atoms with E-state index in [4.69, 9.17) is 9.97 Å². The Bertz CT molecular complexity index is 1140. The number of rotatable bonds is 14. The first kappa shape index (κ1) is 26.4. The first-order valence-electron chi connectivity index (χ1n) is 12.2. The zero-order valence-corrected chi connectivity index (χ0v) is 22.5. The first-order chi connectivity index (χ1) is 16.4. The van der Waals surface area contributed by atoms with Crippen molar-refractivity contribution in [3.63, 3.8) is 0 Å². The smallest absolute Gasteiger partial charge is 0.263 e. The number of anilines is 2. The number of benzene rings is 2. The van der Waals surface area contributed by atoms with E-state index in [-0.39, 0.29) is 10.7 Å². The minimum absolute atomic E-state index is 0.189. The Kier molecular flexibility index (Phi) is 10.1. The van der Waals surface area contributed by atoms with Crippen molar-refractivity contribution in [2.45, 2.75) is 70.1 Å². The van der Waals surface area contributed by atoms with Gasteiger partial charge in [0.15, 0.2) is 11.6 Å². The largest absolute Gasteiger partial charge is 0.354 e. The van der Waals surface area contributed by atoms with Crippen molar-refractivity contribution >= 4 is 48.6 Å². The van der Waals surface area contributed by atoms with Gasteiger partial charge in [-0.05, 0) is 49.2 Å². The monoisotopic (exact) mass is 546 g/mol. The molecule has 1 N–H and O–H groups in total. The molecule has 0 radical (unpaired) electrons. The van der Waals surface area contributed by atoms with Crippen LogP contribution in [-0.2, 0) is 10.0 Å². The van der Waals surface area contributed by atoms with E-state index in [1.54, 1.807) is 24.3 Å². The molecule has 0 amide bonds. The van der Waals surface area contributed by atoms with E-state index in [0.717, 1.165) is 48.8 Å². The Hall–Kier alpha value is -2.19. The molecule has 0 aliphatic heterocycles. The molecule has 2 aromatic carbocycles. The molecule has 0 saturated carbocycles. The molecule has 1 heterocycles. The fraction of sp³-hybridized carbons (Fsp3) is 0.462. The predicted molar refractivity (Wildman–Crippen MR) is 145 cm³/mol. The van der Waals surface area contributed by atoms with Crippen LogP contribution >= 0.6 is 15.9 Å². The minimum atomic E-state index is -3.81. The van der Waals surface area contributed by atoms with Crippen LogP contribution in [0.15, 0.2) is 57.9 Å².